The number of rotatable bonds is 6. The second-order valence-corrected chi connectivity index (χ2v) is 11.0. The molecule has 3 rings (SSSR count). The molecule has 1 fully saturated rings. The van der Waals surface area contributed by atoms with E-state index in [0.717, 1.165) is 5.56 Å². The number of hydrogen-bond donors (Lipinski definition) is 1. The number of carbonyl (C=O) groups is 1. The van der Waals surface area contributed by atoms with Gasteiger partial charge in [0.1, 0.15) is 0 Å². The van der Waals surface area contributed by atoms with E-state index >= 15 is 0 Å². The van der Waals surface area contributed by atoms with Crippen LogP contribution in [0.15, 0.2) is 59.5 Å². The predicted molar refractivity (Wildman–Crippen MR) is 123 cm³/mol. The van der Waals surface area contributed by atoms with Gasteiger partial charge in [0.05, 0.1) is 4.90 Å². The van der Waals surface area contributed by atoms with Crippen LogP contribution in [-0.2, 0) is 14.8 Å². The van der Waals surface area contributed by atoms with E-state index in [1.165, 1.54) is 12.1 Å². The summed E-state index contributed by atoms with van der Waals surface area (Å²) >= 11 is 5.88. The molecule has 2 aromatic carbocycles. The van der Waals surface area contributed by atoms with Crippen LogP contribution in [0.4, 0.5) is 0 Å². The Morgan fingerprint density at radius 3 is 2.13 bits per heavy atom. The molecule has 0 spiro atoms. The second-order valence-electron chi connectivity index (χ2n) is 8.81. The molecule has 0 bridgehead atoms. The van der Waals surface area contributed by atoms with Gasteiger partial charge < -0.3 is 4.90 Å². The quantitative estimate of drug-likeness (QED) is 0.711. The van der Waals surface area contributed by atoms with Crippen LogP contribution in [0.3, 0.4) is 0 Å². The van der Waals surface area contributed by atoms with E-state index in [-0.39, 0.29) is 23.4 Å². The summed E-state index contributed by atoms with van der Waals surface area (Å²) in [5.41, 5.74) is 0.631. The molecule has 2 aromatic rings. The van der Waals surface area contributed by atoms with E-state index in [0.29, 0.717) is 31.2 Å². The van der Waals surface area contributed by atoms with Gasteiger partial charge in [-0.05, 0) is 29.8 Å². The third-order valence-electron chi connectivity index (χ3n) is 5.46. The zero-order valence-electron chi connectivity index (χ0n) is 18.2. The largest absolute Gasteiger partial charge is 0.340 e. The normalized spacial score (nSPS) is 16.8. The highest BCUT2D eigenvalue weighted by Gasteiger charge is 2.32. The van der Waals surface area contributed by atoms with Crippen LogP contribution in [0.2, 0.25) is 5.02 Å². The first-order valence-electron chi connectivity index (χ1n) is 10.4. The molecule has 1 aliphatic heterocycles. The van der Waals surface area contributed by atoms with Gasteiger partial charge in [0.2, 0.25) is 15.9 Å². The van der Waals surface area contributed by atoms with Gasteiger partial charge in [0, 0.05) is 49.2 Å². The van der Waals surface area contributed by atoms with Gasteiger partial charge in [-0.3, -0.25) is 9.69 Å². The topological polar surface area (TPSA) is 69.7 Å². The maximum absolute atomic E-state index is 12.8. The number of hydrogen-bond acceptors (Lipinski definition) is 4. The van der Waals surface area contributed by atoms with Gasteiger partial charge in [-0.25, -0.2) is 13.1 Å². The minimum absolute atomic E-state index is 0.129. The monoisotopic (exact) mass is 463 g/mol. The number of amides is 1. The first-order valence-corrected chi connectivity index (χ1v) is 12.3. The van der Waals surface area contributed by atoms with E-state index in [2.05, 4.69) is 9.62 Å². The summed E-state index contributed by atoms with van der Waals surface area (Å²) in [5.74, 6) is 0.145. The fourth-order valence-corrected chi connectivity index (χ4v) is 4.89. The number of piperazine rings is 1. The molecule has 6 nitrogen and oxygen atoms in total. The molecule has 1 N–H and O–H groups in total. The van der Waals surface area contributed by atoms with Crippen LogP contribution in [-0.4, -0.2) is 56.8 Å². The molecule has 31 heavy (non-hydrogen) atoms. The third-order valence-corrected chi connectivity index (χ3v) is 7.15. The van der Waals surface area contributed by atoms with Crippen molar-refractivity contribution in [3.05, 3.63) is 65.2 Å². The van der Waals surface area contributed by atoms with Crippen LogP contribution in [0.25, 0.3) is 0 Å². The van der Waals surface area contributed by atoms with Gasteiger partial charge in [-0.15, -0.1) is 0 Å². The van der Waals surface area contributed by atoms with E-state index in [4.69, 9.17) is 11.6 Å². The number of sulfonamides is 1. The van der Waals surface area contributed by atoms with Gasteiger partial charge in [-0.1, -0.05) is 62.7 Å². The molecule has 0 unspecified atom stereocenters. The molecule has 1 aliphatic rings. The molecule has 0 aromatic heterocycles. The zero-order chi connectivity index (χ0) is 22.6. The van der Waals surface area contributed by atoms with Crippen molar-refractivity contribution in [1.29, 1.82) is 0 Å². The van der Waals surface area contributed by atoms with Crippen LogP contribution in [0.5, 0.6) is 0 Å². The molecule has 0 aliphatic carbocycles. The lowest BCUT2D eigenvalue weighted by Crippen LogP contribution is -2.53. The number of benzene rings is 2. The molecule has 1 amide bonds. The zero-order valence-corrected chi connectivity index (χ0v) is 19.8. The van der Waals surface area contributed by atoms with E-state index in [9.17, 15) is 13.2 Å². The minimum Gasteiger partial charge on any atom is -0.340 e. The molecular formula is C23H30ClN3O3S. The molecule has 0 saturated carbocycles. The Kier molecular flexibility index (Phi) is 7.42. The third kappa shape index (κ3) is 6.07. The standard InChI is InChI=1S/C23H30ClN3O3S/c1-23(2,3)22(28)27-15-13-26(14-16-27)21(18-7-5-4-6-8-18)17-25-31(29,30)20-11-9-19(24)10-12-20/h4-12,21,25H,13-17H2,1-3H3/t21-/m0/s1. The van der Waals surface area contributed by atoms with Crippen molar-refractivity contribution in [2.75, 3.05) is 32.7 Å². The number of halogens is 1. The van der Waals surface area contributed by atoms with Crippen molar-refractivity contribution >= 4 is 27.5 Å². The summed E-state index contributed by atoms with van der Waals surface area (Å²) in [4.78, 5) is 16.9. The average Bonchev–Trinajstić information content (AvgIpc) is 2.74. The lowest BCUT2D eigenvalue weighted by atomic mass is 9.94. The fraction of sp³-hybridized carbons (Fsp3) is 0.435. The average molecular weight is 464 g/mol. The van der Waals surface area contributed by atoms with Crippen LogP contribution < -0.4 is 4.72 Å². The Morgan fingerprint density at radius 1 is 1.00 bits per heavy atom. The SMILES string of the molecule is CC(C)(C)C(=O)N1CCN([C@@H](CNS(=O)(=O)c2ccc(Cl)cc2)c2ccccc2)CC1. The summed E-state index contributed by atoms with van der Waals surface area (Å²) in [6.07, 6.45) is 0. The van der Waals surface area contributed by atoms with E-state index in [1.807, 2.05) is 56.0 Å². The molecule has 1 saturated heterocycles. The van der Waals surface area contributed by atoms with Gasteiger partial charge >= 0.3 is 0 Å². The Labute approximate surface area is 190 Å². The first-order chi connectivity index (χ1) is 14.6. The molecule has 8 heteroatoms. The van der Waals surface area contributed by atoms with Crippen LogP contribution in [0.1, 0.15) is 32.4 Å². The number of nitrogens with zero attached hydrogens (tertiary/aromatic N) is 2. The van der Waals surface area contributed by atoms with Crippen molar-refractivity contribution in [3.8, 4) is 0 Å². The van der Waals surface area contributed by atoms with Gasteiger partial charge in [0.15, 0.2) is 0 Å². The number of carbonyl (C=O) groups excluding carboxylic acids is 1. The maximum Gasteiger partial charge on any atom is 0.240 e. The molecule has 1 atom stereocenters. The van der Waals surface area contributed by atoms with Crippen LogP contribution >= 0.6 is 11.6 Å². The Hall–Kier alpha value is -1.93. The second kappa shape index (κ2) is 9.69. The van der Waals surface area contributed by atoms with Gasteiger partial charge in [-0.2, -0.15) is 0 Å². The van der Waals surface area contributed by atoms with Crippen molar-refractivity contribution in [2.45, 2.75) is 31.7 Å². The summed E-state index contributed by atoms with van der Waals surface area (Å²) in [6.45, 7) is 8.66. The summed E-state index contributed by atoms with van der Waals surface area (Å²) in [6, 6.07) is 15.9. The summed E-state index contributed by atoms with van der Waals surface area (Å²) in [5, 5.41) is 0.490. The highest BCUT2D eigenvalue weighted by molar-refractivity contribution is 7.89. The smallest absolute Gasteiger partial charge is 0.240 e. The van der Waals surface area contributed by atoms with Crippen LogP contribution in [0, 0.1) is 5.41 Å². The predicted octanol–water partition coefficient (Wildman–Crippen LogP) is 3.55. The van der Waals surface area contributed by atoms with Crippen molar-refractivity contribution < 1.29 is 13.2 Å². The summed E-state index contributed by atoms with van der Waals surface area (Å²) in [7, 11) is -3.66. The maximum atomic E-state index is 12.8. The summed E-state index contributed by atoms with van der Waals surface area (Å²) < 4.78 is 28.3. The molecule has 168 valence electrons. The molecular weight excluding hydrogens is 434 g/mol. The Bertz CT molecular complexity index is 981. The van der Waals surface area contributed by atoms with E-state index < -0.39 is 15.4 Å². The molecule has 1 heterocycles. The fourth-order valence-electron chi connectivity index (χ4n) is 3.73. The lowest BCUT2D eigenvalue weighted by molar-refractivity contribution is -0.141. The Morgan fingerprint density at radius 2 is 1.58 bits per heavy atom. The number of nitrogens with one attached hydrogen (secondary N) is 1. The highest BCUT2D eigenvalue weighted by Crippen LogP contribution is 2.25. The van der Waals surface area contributed by atoms with Gasteiger partial charge in [0.25, 0.3) is 0 Å². The Balaban J connectivity index is 1.73. The molecule has 0 radical (unpaired) electrons. The highest BCUT2D eigenvalue weighted by atomic mass is 35.5. The van der Waals surface area contributed by atoms with Crippen molar-refractivity contribution in [1.82, 2.24) is 14.5 Å². The van der Waals surface area contributed by atoms with E-state index in [1.54, 1.807) is 12.1 Å². The lowest BCUT2D eigenvalue weighted by Gasteiger charge is -2.41. The first kappa shape index (κ1) is 23.7. The van der Waals surface area contributed by atoms with Crippen molar-refractivity contribution in [3.63, 3.8) is 0 Å². The minimum atomic E-state index is -3.66. The van der Waals surface area contributed by atoms with Crippen molar-refractivity contribution in [2.24, 2.45) is 5.41 Å².